The van der Waals surface area contributed by atoms with Gasteiger partial charge < -0.3 is 5.11 Å². The second-order valence-corrected chi connectivity index (χ2v) is 4.43. The summed E-state index contributed by atoms with van der Waals surface area (Å²) < 4.78 is 0. The number of carboxylic acid groups (broad SMARTS) is 1. The second-order valence-electron chi connectivity index (χ2n) is 4.43. The van der Waals surface area contributed by atoms with Crippen LogP contribution >= 0.6 is 0 Å². The molecule has 0 aliphatic carbocycles. The number of hydrogen-bond acceptors (Lipinski definition) is 3. The predicted octanol–water partition coefficient (Wildman–Crippen LogP) is 3.70. The van der Waals surface area contributed by atoms with Crippen LogP contribution in [0.2, 0.25) is 0 Å². The summed E-state index contributed by atoms with van der Waals surface area (Å²) in [4.78, 5) is 17.7. The van der Waals surface area contributed by atoms with E-state index in [0.717, 1.165) is 29.4 Å². The van der Waals surface area contributed by atoms with E-state index in [0.29, 0.717) is 0 Å². The van der Waals surface area contributed by atoms with Crippen molar-refractivity contribution < 1.29 is 30.3 Å². The third-order valence-electron chi connectivity index (χ3n) is 2.68. The van der Waals surface area contributed by atoms with Crippen molar-refractivity contribution in [1.29, 1.82) is 0 Å². The summed E-state index contributed by atoms with van der Waals surface area (Å²) in [7, 11) is 0. The molecule has 0 aliphatic rings. The van der Waals surface area contributed by atoms with Crippen LogP contribution in [0.1, 0.15) is 6.92 Å². The molecular formula is C18H15N2O2Pd-. The van der Waals surface area contributed by atoms with Crippen molar-refractivity contribution in [1.82, 2.24) is 9.97 Å². The summed E-state index contributed by atoms with van der Waals surface area (Å²) in [5.74, 6) is -0.833. The maximum Gasteiger partial charge on any atom is 0.300 e. The topological polar surface area (TPSA) is 63.1 Å². The number of pyridine rings is 2. The normalized spacial score (nSPS) is 9.09. The Morgan fingerprint density at radius 1 is 0.870 bits per heavy atom. The molecule has 4 nitrogen and oxygen atoms in total. The van der Waals surface area contributed by atoms with Crippen molar-refractivity contribution in [2.75, 3.05) is 0 Å². The van der Waals surface area contributed by atoms with Gasteiger partial charge in [0.25, 0.3) is 5.97 Å². The zero-order valence-corrected chi connectivity index (χ0v) is 14.0. The van der Waals surface area contributed by atoms with Crippen LogP contribution in [-0.4, -0.2) is 21.0 Å². The van der Waals surface area contributed by atoms with Gasteiger partial charge in [-0.05, 0) is 12.1 Å². The van der Waals surface area contributed by atoms with Crippen LogP contribution in [0.5, 0.6) is 0 Å². The van der Waals surface area contributed by atoms with E-state index in [2.05, 4.69) is 16.0 Å². The Morgan fingerprint density at radius 3 is 1.65 bits per heavy atom. The number of aliphatic carboxylic acids is 1. The van der Waals surface area contributed by atoms with Crippen molar-refractivity contribution >= 4 is 5.97 Å². The molecule has 0 radical (unpaired) electrons. The average Bonchev–Trinajstić information content (AvgIpc) is 2.56. The molecule has 0 unspecified atom stereocenters. The third-order valence-corrected chi connectivity index (χ3v) is 2.68. The van der Waals surface area contributed by atoms with Crippen molar-refractivity contribution in [3.63, 3.8) is 0 Å². The van der Waals surface area contributed by atoms with Gasteiger partial charge in [0.15, 0.2) is 0 Å². The van der Waals surface area contributed by atoms with Gasteiger partial charge in [-0.1, -0.05) is 35.4 Å². The van der Waals surface area contributed by atoms with E-state index in [1.807, 2.05) is 54.6 Å². The number of nitrogens with zero attached hydrogens (tertiary/aromatic N) is 2. The van der Waals surface area contributed by atoms with E-state index in [9.17, 15) is 0 Å². The number of rotatable bonds is 2. The first-order valence-electron chi connectivity index (χ1n) is 6.71. The molecule has 3 aromatic rings. The number of carboxylic acids is 1. The van der Waals surface area contributed by atoms with E-state index in [-0.39, 0.29) is 20.4 Å². The molecule has 0 saturated heterocycles. The molecule has 5 heteroatoms. The number of carbonyl (C=O) groups is 1. The van der Waals surface area contributed by atoms with E-state index in [1.165, 1.54) is 0 Å². The number of aromatic nitrogens is 2. The molecule has 0 fully saturated rings. The Morgan fingerprint density at radius 2 is 1.30 bits per heavy atom. The van der Waals surface area contributed by atoms with Gasteiger partial charge in [-0.15, -0.1) is 24.3 Å². The molecule has 0 saturated carbocycles. The average molecular weight is 398 g/mol. The van der Waals surface area contributed by atoms with Crippen LogP contribution in [0.4, 0.5) is 0 Å². The van der Waals surface area contributed by atoms with Gasteiger partial charge in [-0.25, -0.2) is 0 Å². The fraction of sp³-hybridized carbons (Fsp3) is 0.0556. The largest absolute Gasteiger partial charge is 0.481 e. The van der Waals surface area contributed by atoms with Gasteiger partial charge >= 0.3 is 0 Å². The molecule has 23 heavy (non-hydrogen) atoms. The first kappa shape index (κ1) is 18.7. The second kappa shape index (κ2) is 9.63. The van der Waals surface area contributed by atoms with Crippen LogP contribution in [0, 0.1) is 6.07 Å². The van der Waals surface area contributed by atoms with Gasteiger partial charge in [-0.2, -0.15) is 0 Å². The van der Waals surface area contributed by atoms with E-state index in [1.54, 1.807) is 12.4 Å². The summed E-state index contributed by atoms with van der Waals surface area (Å²) in [6.45, 7) is 1.08. The van der Waals surface area contributed by atoms with Gasteiger partial charge in [0.2, 0.25) is 0 Å². The number of benzene rings is 1. The van der Waals surface area contributed by atoms with Crippen LogP contribution in [0.15, 0.2) is 67.0 Å². The number of hydrogen-bond donors (Lipinski definition) is 1. The maximum atomic E-state index is 9.00. The molecule has 3 rings (SSSR count). The van der Waals surface area contributed by atoms with Crippen LogP contribution in [0.3, 0.4) is 0 Å². The van der Waals surface area contributed by atoms with Gasteiger partial charge in [-0.3, -0.25) is 14.8 Å². The van der Waals surface area contributed by atoms with Gasteiger partial charge in [0.05, 0.1) is 0 Å². The Hall–Kier alpha value is -2.35. The zero-order valence-electron chi connectivity index (χ0n) is 12.4. The third kappa shape index (κ3) is 6.11. The summed E-state index contributed by atoms with van der Waals surface area (Å²) in [5.41, 5.74) is 3.82. The molecule has 2 heterocycles. The molecule has 0 amide bonds. The molecule has 1 N–H and O–H groups in total. The fourth-order valence-corrected chi connectivity index (χ4v) is 1.81. The molecular weight excluding hydrogens is 383 g/mol. The minimum atomic E-state index is -0.833. The molecule has 0 spiro atoms. The predicted molar refractivity (Wildman–Crippen MR) is 85.0 cm³/mol. The first-order chi connectivity index (χ1) is 10.7. The van der Waals surface area contributed by atoms with Crippen molar-refractivity contribution in [3.8, 4) is 22.5 Å². The summed E-state index contributed by atoms with van der Waals surface area (Å²) in [6.07, 6.45) is 3.58. The maximum absolute atomic E-state index is 9.00. The molecule has 0 bridgehead atoms. The summed E-state index contributed by atoms with van der Waals surface area (Å²) in [6, 6.07) is 21.1. The molecule has 0 atom stereocenters. The smallest absolute Gasteiger partial charge is 0.300 e. The fourth-order valence-electron chi connectivity index (χ4n) is 1.81. The van der Waals surface area contributed by atoms with Crippen molar-refractivity contribution in [2.24, 2.45) is 0 Å². The van der Waals surface area contributed by atoms with Gasteiger partial charge in [0, 0.05) is 51.1 Å². The minimum Gasteiger partial charge on any atom is -0.481 e. The van der Waals surface area contributed by atoms with E-state index < -0.39 is 5.97 Å². The Labute approximate surface area is 148 Å². The Kier molecular flexibility index (Phi) is 7.83. The molecule has 0 aliphatic heterocycles. The Balaban J connectivity index is 0.000000478. The first-order valence-corrected chi connectivity index (χ1v) is 6.71. The van der Waals surface area contributed by atoms with Gasteiger partial charge in [0.1, 0.15) is 0 Å². The van der Waals surface area contributed by atoms with E-state index in [4.69, 9.17) is 9.90 Å². The standard InChI is InChI=1S/C16H11N2.C2H4O2.Pd/c1-3-10-17-15(8-1)13-6-5-7-14(12-13)16-9-2-4-11-18-16;1-2(3)4;/h1-11H;1H3,(H,3,4);/q-1;;. The van der Waals surface area contributed by atoms with Crippen molar-refractivity contribution in [3.05, 3.63) is 73.1 Å². The van der Waals surface area contributed by atoms with Crippen molar-refractivity contribution in [2.45, 2.75) is 6.92 Å². The summed E-state index contributed by atoms with van der Waals surface area (Å²) >= 11 is 0. The monoisotopic (exact) mass is 397 g/mol. The SMILES string of the molecule is CC(=O)O.[Pd].[c-]1c(-c2ccccn2)cccc1-c1ccccn1. The van der Waals surface area contributed by atoms with Crippen LogP contribution < -0.4 is 0 Å². The molecule has 120 valence electrons. The zero-order chi connectivity index (χ0) is 15.8. The van der Waals surface area contributed by atoms with Crippen LogP contribution in [-0.2, 0) is 25.2 Å². The molecule has 1 aromatic carbocycles. The summed E-state index contributed by atoms with van der Waals surface area (Å²) in [5, 5.41) is 7.42. The van der Waals surface area contributed by atoms with Crippen LogP contribution in [0.25, 0.3) is 22.5 Å². The minimum absolute atomic E-state index is 0. The molecule has 2 aromatic heterocycles. The Bertz CT molecular complexity index is 676. The van der Waals surface area contributed by atoms with E-state index >= 15 is 0 Å². The quantitative estimate of drug-likeness (QED) is 0.529.